The normalized spacial score (nSPS) is 21.2. The standard InChI is InChI=1S/C12H14FNO4S/c13-9-1-2-10(11(15)5-9)12(16)14-6-8-3-4-19(17,18)7-8/h1-2,5,8,15H,3-4,6-7H2,(H,14,16). The summed E-state index contributed by atoms with van der Waals surface area (Å²) in [5.74, 6) is -1.48. The largest absolute Gasteiger partial charge is 0.507 e. The highest BCUT2D eigenvalue weighted by Gasteiger charge is 2.28. The molecule has 1 aliphatic heterocycles. The van der Waals surface area contributed by atoms with Gasteiger partial charge in [0.15, 0.2) is 9.84 Å². The van der Waals surface area contributed by atoms with Crippen molar-refractivity contribution in [2.75, 3.05) is 18.1 Å². The molecule has 0 radical (unpaired) electrons. The first-order valence-electron chi connectivity index (χ1n) is 5.84. The Morgan fingerprint density at radius 2 is 2.21 bits per heavy atom. The maximum atomic E-state index is 12.8. The van der Waals surface area contributed by atoms with Gasteiger partial charge in [-0.2, -0.15) is 0 Å². The van der Waals surface area contributed by atoms with Crippen LogP contribution in [0.25, 0.3) is 0 Å². The van der Waals surface area contributed by atoms with Crippen molar-refractivity contribution in [2.45, 2.75) is 6.42 Å². The van der Waals surface area contributed by atoms with Crippen LogP contribution in [-0.2, 0) is 9.84 Å². The Morgan fingerprint density at radius 1 is 1.47 bits per heavy atom. The second kappa shape index (κ2) is 5.16. The van der Waals surface area contributed by atoms with Crippen molar-refractivity contribution < 1.29 is 22.7 Å². The molecule has 2 N–H and O–H groups in total. The topological polar surface area (TPSA) is 83.5 Å². The van der Waals surface area contributed by atoms with Gasteiger partial charge in [-0.3, -0.25) is 4.79 Å². The third-order valence-electron chi connectivity index (χ3n) is 3.08. The lowest BCUT2D eigenvalue weighted by atomic mass is 10.1. The van der Waals surface area contributed by atoms with Gasteiger partial charge in [-0.1, -0.05) is 0 Å². The quantitative estimate of drug-likeness (QED) is 0.857. The van der Waals surface area contributed by atoms with E-state index in [-0.39, 0.29) is 29.5 Å². The molecule has 19 heavy (non-hydrogen) atoms. The summed E-state index contributed by atoms with van der Waals surface area (Å²) in [6.07, 6.45) is 0.526. The molecule has 0 bridgehead atoms. The van der Waals surface area contributed by atoms with E-state index in [1.807, 2.05) is 0 Å². The average molecular weight is 287 g/mol. The van der Waals surface area contributed by atoms with E-state index in [1.54, 1.807) is 0 Å². The number of phenolic OH excluding ortho intramolecular Hbond substituents is 1. The molecule has 1 fully saturated rings. The molecule has 1 atom stereocenters. The molecule has 5 nitrogen and oxygen atoms in total. The number of benzene rings is 1. The molecule has 1 heterocycles. The number of rotatable bonds is 3. The predicted molar refractivity (Wildman–Crippen MR) is 67.2 cm³/mol. The highest BCUT2D eigenvalue weighted by Crippen LogP contribution is 2.19. The van der Waals surface area contributed by atoms with Crippen LogP contribution in [0.2, 0.25) is 0 Å². The summed E-state index contributed by atoms with van der Waals surface area (Å²) in [5, 5.41) is 12.0. The monoisotopic (exact) mass is 287 g/mol. The average Bonchev–Trinajstić information content (AvgIpc) is 2.66. The van der Waals surface area contributed by atoms with E-state index in [1.165, 1.54) is 6.07 Å². The predicted octanol–water partition coefficient (Wildman–Crippen LogP) is 0.696. The fraction of sp³-hybridized carbons (Fsp3) is 0.417. The molecule has 0 spiro atoms. The lowest BCUT2D eigenvalue weighted by Crippen LogP contribution is -2.29. The van der Waals surface area contributed by atoms with Crippen LogP contribution in [0.15, 0.2) is 18.2 Å². The number of hydrogen-bond acceptors (Lipinski definition) is 4. The van der Waals surface area contributed by atoms with E-state index in [0.717, 1.165) is 12.1 Å². The molecule has 1 unspecified atom stereocenters. The summed E-state index contributed by atoms with van der Waals surface area (Å²) in [6, 6.07) is 3.12. The Kier molecular flexibility index (Phi) is 3.75. The maximum absolute atomic E-state index is 12.8. The summed E-state index contributed by atoms with van der Waals surface area (Å²) in [7, 11) is -2.97. The first-order chi connectivity index (χ1) is 8.87. The number of amides is 1. The van der Waals surface area contributed by atoms with E-state index in [0.29, 0.717) is 6.42 Å². The zero-order valence-electron chi connectivity index (χ0n) is 10.1. The number of carbonyl (C=O) groups is 1. The zero-order chi connectivity index (χ0) is 14.0. The Morgan fingerprint density at radius 3 is 2.79 bits per heavy atom. The second-order valence-electron chi connectivity index (χ2n) is 4.64. The van der Waals surface area contributed by atoms with Crippen molar-refractivity contribution >= 4 is 15.7 Å². The van der Waals surface area contributed by atoms with Crippen molar-refractivity contribution in [1.29, 1.82) is 0 Å². The molecule has 1 aliphatic rings. The van der Waals surface area contributed by atoms with Gasteiger partial charge in [-0.25, -0.2) is 12.8 Å². The molecule has 104 valence electrons. The highest BCUT2D eigenvalue weighted by atomic mass is 32.2. The first-order valence-corrected chi connectivity index (χ1v) is 7.67. The lowest BCUT2D eigenvalue weighted by molar-refractivity contribution is 0.0945. The smallest absolute Gasteiger partial charge is 0.255 e. The van der Waals surface area contributed by atoms with Gasteiger partial charge in [0.25, 0.3) is 5.91 Å². The number of carbonyl (C=O) groups excluding carboxylic acids is 1. The van der Waals surface area contributed by atoms with Gasteiger partial charge in [0, 0.05) is 12.6 Å². The molecular formula is C12H14FNO4S. The van der Waals surface area contributed by atoms with Crippen molar-refractivity contribution in [3.8, 4) is 5.75 Å². The third kappa shape index (κ3) is 3.44. The molecule has 0 aliphatic carbocycles. The van der Waals surface area contributed by atoms with Crippen LogP contribution in [0.1, 0.15) is 16.8 Å². The van der Waals surface area contributed by atoms with E-state index in [4.69, 9.17) is 0 Å². The zero-order valence-corrected chi connectivity index (χ0v) is 10.9. The molecule has 1 saturated heterocycles. The van der Waals surface area contributed by atoms with Crippen LogP contribution in [0, 0.1) is 11.7 Å². The van der Waals surface area contributed by atoms with E-state index < -0.39 is 27.3 Å². The van der Waals surface area contributed by atoms with Crippen LogP contribution in [0.5, 0.6) is 5.75 Å². The van der Waals surface area contributed by atoms with E-state index >= 15 is 0 Å². The minimum Gasteiger partial charge on any atom is -0.507 e. The molecule has 0 saturated carbocycles. The number of phenols is 1. The van der Waals surface area contributed by atoms with Crippen LogP contribution >= 0.6 is 0 Å². The molecule has 1 aromatic carbocycles. The summed E-state index contributed by atoms with van der Waals surface area (Å²) >= 11 is 0. The molecule has 7 heteroatoms. The molecular weight excluding hydrogens is 273 g/mol. The SMILES string of the molecule is O=C(NCC1CCS(=O)(=O)C1)c1ccc(F)cc1O. The fourth-order valence-corrected chi connectivity index (χ4v) is 3.92. The van der Waals surface area contributed by atoms with Gasteiger partial charge < -0.3 is 10.4 Å². The Hall–Kier alpha value is -1.63. The van der Waals surface area contributed by atoms with Crippen LogP contribution in [0.4, 0.5) is 4.39 Å². The number of aromatic hydroxyl groups is 1. The van der Waals surface area contributed by atoms with Gasteiger partial charge in [-0.05, 0) is 24.5 Å². The van der Waals surface area contributed by atoms with Crippen molar-refractivity contribution in [3.05, 3.63) is 29.6 Å². The van der Waals surface area contributed by atoms with Crippen molar-refractivity contribution in [1.82, 2.24) is 5.32 Å². The summed E-state index contributed by atoms with van der Waals surface area (Å²) in [5.41, 5.74) is -0.0257. The first kappa shape index (κ1) is 13.8. The van der Waals surface area contributed by atoms with Gasteiger partial charge in [0.2, 0.25) is 0 Å². The maximum Gasteiger partial charge on any atom is 0.255 e. The Labute approximate surface area is 110 Å². The van der Waals surface area contributed by atoms with Gasteiger partial charge in [0.05, 0.1) is 17.1 Å². The number of hydrogen-bond donors (Lipinski definition) is 2. The third-order valence-corrected chi connectivity index (χ3v) is 4.92. The van der Waals surface area contributed by atoms with Crippen LogP contribution < -0.4 is 5.32 Å². The number of nitrogens with one attached hydrogen (secondary N) is 1. The molecule has 1 amide bonds. The summed E-state index contributed by atoms with van der Waals surface area (Å²) in [4.78, 5) is 11.8. The Bertz CT molecular complexity index is 600. The fourth-order valence-electron chi connectivity index (χ4n) is 2.06. The van der Waals surface area contributed by atoms with Gasteiger partial charge >= 0.3 is 0 Å². The number of halogens is 1. The van der Waals surface area contributed by atoms with Crippen LogP contribution in [-0.4, -0.2) is 37.5 Å². The van der Waals surface area contributed by atoms with Crippen molar-refractivity contribution in [2.24, 2.45) is 5.92 Å². The number of sulfone groups is 1. The molecule has 0 aromatic heterocycles. The van der Waals surface area contributed by atoms with Gasteiger partial charge in [0.1, 0.15) is 11.6 Å². The van der Waals surface area contributed by atoms with Crippen LogP contribution in [0.3, 0.4) is 0 Å². The Balaban J connectivity index is 1.95. The second-order valence-corrected chi connectivity index (χ2v) is 6.87. The highest BCUT2D eigenvalue weighted by molar-refractivity contribution is 7.91. The minimum atomic E-state index is -2.97. The minimum absolute atomic E-state index is 0.0257. The summed E-state index contributed by atoms with van der Waals surface area (Å²) in [6.45, 7) is 0.231. The molecule has 2 rings (SSSR count). The molecule has 1 aromatic rings. The van der Waals surface area contributed by atoms with E-state index in [2.05, 4.69) is 5.32 Å². The van der Waals surface area contributed by atoms with E-state index in [9.17, 15) is 22.7 Å². The summed E-state index contributed by atoms with van der Waals surface area (Å²) < 4.78 is 35.3. The lowest BCUT2D eigenvalue weighted by Gasteiger charge is -2.10. The van der Waals surface area contributed by atoms with Crippen molar-refractivity contribution in [3.63, 3.8) is 0 Å². The van der Waals surface area contributed by atoms with Gasteiger partial charge in [-0.15, -0.1) is 0 Å².